The lowest BCUT2D eigenvalue weighted by Crippen LogP contribution is -2.37. The van der Waals surface area contributed by atoms with E-state index in [0.717, 1.165) is 70.6 Å². The number of phosphoric acid groups is 1. The fraction of sp³-hybridized carbons (Fsp3) is 0.696. The van der Waals surface area contributed by atoms with Crippen LogP contribution in [0.25, 0.3) is 0 Å². The van der Waals surface area contributed by atoms with Gasteiger partial charge in [0.15, 0.2) is 6.10 Å². The van der Waals surface area contributed by atoms with Crippen LogP contribution in [0.1, 0.15) is 155 Å². The SMILES string of the molecule is CC/C=C/C=C/C=C/C=C/C=C/CCCCCCCC(=O)OC[C@H](COP(=O)([O-])OCC[N+](C)(C)C)OC(=O)CCCCCCC/C=C/CCCCCCCC. The number of rotatable bonds is 38. The molecular formula is C46H80NO8P. The van der Waals surface area contributed by atoms with Gasteiger partial charge >= 0.3 is 11.9 Å². The summed E-state index contributed by atoms with van der Waals surface area (Å²) in [7, 11) is 1.13. The summed E-state index contributed by atoms with van der Waals surface area (Å²) in [6.07, 6.45) is 46.3. The lowest BCUT2D eigenvalue weighted by atomic mass is 10.1. The molecule has 0 aromatic heterocycles. The third-order valence-electron chi connectivity index (χ3n) is 8.84. The monoisotopic (exact) mass is 806 g/mol. The largest absolute Gasteiger partial charge is 0.756 e. The van der Waals surface area contributed by atoms with E-state index >= 15 is 0 Å². The quantitative estimate of drug-likeness (QED) is 0.0151. The molecule has 0 saturated heterocycles. The summed E-state index contributed by atoms with van der Waals surface area (Å²) in [4.78, 5) is 37.5. The summed E-state index contributed by atoms with van der Waals surface area (Å²) in [5.41, 5.74) is 0. The molecular weight excluding hydrogens is 725 g/mol. The molecule has 0 bridgehead atoms. The number of allylic oxidation sites excluding steroid dienone is 12. The highest BCUT2D eigenvalue weighted by Crippen LogP contribution is 2.38. The van der Waals surface area contributed by atoms with E-state index in [-0.39, 0.29) is 26.1 Å². The minimum absolute atomic E-state index is 0.0406. The Kier molecular flexibility index (Phi) is 36.3. The summed E-state index contributed by atoms with van der Waals surface area (Å²) in [5.74, 6) is -0.880. The molecule has 0 heterocycles. The zero-order chi connectivity index (χ0) is 41.4. The molecule has 0 N–H and O–H groups in total. The van der Waals surface area contributed by atoms with E-state index in [1.165, 1.54) is 44.9 Å². The van der Waals surface area contributed by atoms with Gasteiger partial charge in [-0.2, -0.15) is 0 Å². The number of unbranched alkanes of at least 4 members (excludes halogenated alkanes) is 16. The van der Waals surface area contributed by atoms with Crippen LogP contribution in [-0.2, 0) is 32.7 Å². The van der Waals surface area contributed by atoms with E-state index < -0.39 is 32.5 Å². The Bertz CT molecular complexity index is 1180. The fourth-order valence-electron chi connectivity index (χ4n) is 5.43. The van der Waals surface area contributed by atoms with Crippen molar-refractivity contribution in [3.63, 3.8) is 0 Å². The second-order valence-electron chi connectivity index (χ2n) is 15.4. The number of likely N-dealkylation sites (N-methyl/N-ethyl adjacent to an activating group) is 1. The number of hydrogen-bond donors (Lipinski definition) is 0. The molecule has 10 heteroatoms. The van der Waals surface area contributed by atoms with Crippen molar-refractivity contribution in [2.24, 2.45) is 0 Å². The summed E-state index contributed by atoms with van der Waals surface area (Å²) in [6, 6.07) is 0. The standard InChI is InChI=1S/C46H80NO8P/c1-6-8-10-12-14-16-18-20-22-23-25-26-28-30-32-34-36-38-45(48)52-42-44(43-54-56(50,51)53-41-40-47(3,4)5)55-46(49)39-37-35-33-31-29-27-24-21-19-17-15-13-11-9-7-2/h8,10,12,14,16,18,20-25,44H,6-7,9,11,13,15,17,19,26-43H2,1-5H3/b10-8+,14-12+,18-16+,22-20+,24-21+,25-23+/t44-/m1/s1. The van der Waals surface area contributed by atoms with Gasteiger partial charge in [0.1, 0.15) is 19.8 Å². The van der Waals surface area contributed by atoms with Crippen molar-refractivity contribution in [2.45, 2.75) is 161 Å². The summed E-state index contributed by atoms with van der Waals surface area (Å²) < 4.78 is 33.8. The molecule has 0 radical (unpaired) electrons. The van der Waals surface area contributed by atoms with E-state index in [9.17, 15) is 19.0 Å². The summed E-state index contributed by atoms with van der Waals surface area (Å²) >= 11 is 0. The maximum Gasteiger partial charge on any atom is 0.306 e. The van der Waals surface area contributed by atoms with Crippen LogP contribution >= 0.6 is 7.82 Å². The number of phosphoric ester groups is 1. The Hall–Kier alpha value is -2.55. The van der Waals surface area contributed by atoms with Crippen molar-refractivity contribution >= 4 is 19.8 Å². The molecule has 0 fully saturated rings. The van der Waals surface area contributed by atoms with Crippen LogP contribution in [0.5, 0.6) is 0 Å². The van der Waals surface area contributed by atoms with Crippen molar-refractivity contribution in [3.05, 3.63) is 72.9 Å². The van der Waals surface area contributed by atoms with Crippen LogP contribution < -0.4 is 4.89 Å². The van der Waals surface area contributed by atoms with Crippen LogP contribution in [0.4, 0.5) is 0 Å². The lowest BCUT2D eigenvalue weighted by molar-refractivity contribution is -0.870. The number of hydrogen-bond acceptors (Lipinski definition) is 8. The van der Waals surface area contributed by atoms with Crippen molar-refractivity contribution in [1.82, 2.24) is 0 Å². The molecule has 0 aromatic carbocycles. The van der Waals surface area contributed by atoms with Gasteiger partial charge in [0.2, 0.25) is 0 Å². The highest BCUT2D eigenvalue weighted by atomic mass is 31.2. The maximum atomic E-state index is 12.7. The lowest BCUT2D eigenvalue weighted by Gasteiger charge is -2.28. The van der Waals surface area contributed by atoms with E-state index in [4.69, 9.17) is 18.5 Å². The predicted molar refractivity (Wildman–Crippen MR) is 231 cm³/mol. The van der Waals surface area contributed by atoms with Crippen LogP contribution in [0.15, 0.2) is 72.9 Å². The Balaban J connectivity index is 4.45. The third-order valence-corrected chi connectivity index (χ3v) is 9.80. The van der Waals surface area contributed by atoms with Gasteiger partial charge in [0.05, 0.1) is 27.7 Å². The molecule has 0 aliphatic carbocycles. The minimum Gasteiger partial charge on any atom is -0.756 e. The van der Waals surface area contributed by atoms with Crippen LogP contribution in [0, 0.1) is 0 Å². The third kappa shape index (κ3) is 41.1. The van der Waals surface area contributed by atoms with Crippen molar-refractivity contribution in [3.8, 4) is 0 Å². The first-order chi connectivity index (χ1) is 27.0. The first-order valence-electron chi connectivity index (χ1n) is 21.7. The van der Waals surface area contributed by atoms with Gasteiger partial charge in [-0.3, -0.25) is 14.2 Å². The van der Waals surface area contributed by atoms with E-state index in [0.29, 0.717) is 23.9 Å². The second kappa shape index (κ2) is 38.0. The first kappa shape index (κ1) is 53.5. The van der Waals surface area contributed by atoms with Crippen molar-refractivity contribution < 1.29 is 42.1 Å². The topological polar surface area (TPSA) is 111 Å². The van der Waals surface area contributed by atoms with Gasteiger partial charge < -0.3 is 27.9 Å². The van der Waals surface area contributed by atoms with Gasteiger partial charge in [-0.1, -0.05) is 157 Å². The molecule has 0 rings (SSSR count). The normalized spacial score (nSPS) is 14.3. The van der Waals surface area contributed by atoms with Crippen LogP contribution in [0.2, 0.25) is 0 Å². The predicted octanol–water partition coefficient (Wildman–Crippen LogP) is 11.6. The Morgan fingerprint density at radius 1 is 0.571 bits per heavy atom. The molecule has 0 spiro atoms. The number of carbonyl (C=O) groups is 2. The Labute approximate surface area is 342 Å². The van der Waals surface area contributed by atoms with E-state index in [1.54, 1.807) is 0 Å². The first-order valence-corrected chi connectivity index (χ1v) is 23.2. The van der Waals surface area contributed by atoms with Crippen molar-refractivity contribution in [1.29, 1.82) is 0 Å². The van der Waals surface area contributed by atoms with Gasteiger partial charge in [0.25, 0.3) is 7.82 Å². The van der Waals surface area contributed by atoms with Crippen molar-refractivity contribution in [2.75, 3.05) is 47.5 Å². The molecule has 1 unspecified atom stereocenters. The number of ether oxygens (including phenoxy) is 2. The molecule has 0 aliphatic rings. The smallest absolute Gasteiger partial charge is 0.306 e. The molecule has 0 aromatic rings. The zero-order valence-corrected chi connectivity index (χ0v) is 36.9. The van der Waals surface area contributed by atoms with Crippen LogP contribution in [0.3, 0.4) is 0 Å². The molecule has 0 saturated carbocycles. The number of carbonyl (C=O) groups excluding carboxylic acids is 2. The summed E-state index contributed by atoms with van der Waals surface area (Å²) in [6.45, 7) is 4.02. The summed E-state index contributed by atoms with van der Waals surface area (Å²) in [5, 5.41) is 0. The molecule has 0 aliphatic heterocycles. The van der Waals surface area contributed by atoms with Gasteiger partial charge in [-0.25, -0.2) is 0 Å². The van der Waals surface area contributed by atoms with E-state index in [2.05, 4.69) is 44.2 Å². The maximum absolute atomic E-state index is 12.7. The molecule has 0 amide bonds. The Morgan fingerprint density at radius 3 is 1.57 bits per heavy atom. The number of nitrogens with zero attached hydrogens (tertiary/aromatic N) is 1. The molecule has 322 valence electrons. The van der Waals surface area contributed by atoms with Crippen LogP contribution in [-0.4, -0.2) is 70.0 Å². The molecule has 2 atom stereocenters. The second-order valence-corrected chi connectivity index (χ2v) is 16.9. The average Bonchev–Trinajstić information content (AvgIpc) is 3.15. The minimum atomic E-state index is -4.64. The van der Waals surface area contributed by atoms with Gasteiger partial charge in [0, 0.05) is 12.8 Å². The molecule has 9 nitrogen and oxygen atoms in total. The Morgan fingerprint density at radius 2 is 1.04 bits per heavy atom. The van der Waals surface area contributed by atoms with Gasteiger partial charge in [-0.05, 0) is 57.8 Å². The highest BCUT2D eigenvalue weighted by molar-refractivity contribution is 7.45. The number of esters is 2. The average molecular weight is 806 g/mol. The van der Waals surface area contributed by atoms with E-state index in [1.807, 2.05) is 63.7 Å². The number of quaternary nitrogens is 1. The zero-order valence-electron chi connectivity index (χ0n) is 36.1. The molecule has 56 heavy (non-hydrogen) atoms. The van der Waals surface area contributed by atoms with Gasteiger partial charge in [-0.15, -0.1) is 0 Å². The highest BCUT2D eigenvalue weighted by Gasteiger charge is 2.21. The fourth-order valence-corrected chi connectivity index (χ4v) is 6.16.